The predicted molar refractivity (Wildman–Crippen MR) is 99.4 cm³/mol. The molecule has 0 aromatic heterocycles. The van der Waals surface area contributed by atoms with Crippen LogP contribution in [0.4, 0.5) is 0 Å². The molecule has 0 amide bonds. The highest BCUT2D eigenvalue weighted by Crippen LogP contribution is 2.19. The number of ketones is 1. The smallest absolute Gasteiger partial charge is 0.129 e. The van der Waals surface area contributed by atoms with Crippen LogP contribution < -0.4 is 0 Å². The highest BCUT2D eigenvalue weighted by molar-refractivity contribution is 5.75. The molecule has 0 aliphatic carbocycles. The lowest BCUT2D eigenvalue weighted by atomic mass is 9.98. The maximum Gasteiger partial charge on any atom is 0.129 e. The van der Waals surface area contributed by atoms with Gasteiger partial charge in [0.25, 0.3) is 0 Å². The van der Waals surface area contributed by atoms with Gasteiger partial charge in [0.2, 0.25) is 0 Å². The summed E-state index contributed by atoms with van der Waals surface area (Å²) in [5, 5.41) is 0. The van der Waals surface area contributed by atoms with Gasteiger partial charge in [0.1, 0.15) is 5.78 Å². The first kappa shape index (κ1) is 21.4. The van der Waals surface area contributed by atoms with E-state index in [2.05, 4.69) is 20.8 Å². The van der Waals surface area contributed by atoms with Gasteiger partial charge >= 0.3 is 0 Å². The second kappa shape index (κ2) is 15.3. The number of rotatable bonds is 15. The fourth-order valence-corrected chi connectivity index (χ4v) is 2.89. The van der Waals surface area contributed by atoms with Gasteiger partial charge in [-0.15, -0.1) is 0 Å². The quantitative estimate of drug-likeness (QED) is 0.227. The van der Waals surface area contributed by atoms with Gasteiger partial charge in [-0.25, -0.2) is 0 Å². The second-order valence-electron chi connectivity index (χ2n) is 7.05. The zero-order valence-corrected chi connectivity index (χ0v) is 15.8. The molecule has 0 aliphatic heterocycles. The van der Waals surface area contributed by atoms with Crippen molar-refractivity contribution in [2.24, 2.45) is 0 Å². The summed E-state index contributed by atoms with van der Waals surface area (Å²) in [6, 6.07) is 0. The average Bonchev–Trinajstić information content (AvgIpc) is 2.49. The Morgan fingerprint density at radius 1 is 0.545 bits per heavy atom. The molecule has 0 N–H and O–H groups in total. The lowest BCUT2D eigenvalue weighted by molar-refractivity contribution is -0.117. The van der Waals surface area contributed by atoms with E-state index in [9.17, 15) is 4.79 Å². The zero-order chi connectivity index (χ0) is 16.6. The third kappa shape index (κ3) is 14.4. The van der Waals surface area contributed by atoms with Gasteiger partial charge < -0.3 is 4.79 Å². The molecular formula is C21H40O. The number of allylic oxidation sites excluding steroid dienone is 2. The highest BCUT2D eigenvalue weighted by Gasteiger charge is 1.99. The molecule has 0 heterocycles. The molecule has 0 spiro atoms. The van der Waals surface area contributed by atoms with Crippen molar-refractivity contribution in [3.63, 3.8) is 0 Å². The number of carbonyl (C=O) groups excluding carboxylic acids is 1. The molecule has 0 bridgehead atoms. The third-order valence-electron chi connectivity index (χ3n) is 4.71. The molecule has 130 valence electrons. The SMILES string of the molecule is CCCCCCCC/C(C)=C(/C)CCCCCCCC(C)=O. The maximum atomic E-state index is 10.9. The Hall–Kier alpha value is -0.590. The fourth-order valence-electron chi connectivity index (χ4n) is 2.89. The molecule has 0 aliphatic rings. The van der Waals surface area contributed by atoms with Gasteiger partial charge in [0, 0.05) is 6.42 Å². The largest absolute Gasteiger partial charge is 0.300 e. The van der Waals surface area contributed by atoms with Crippen LogP contribution in [0.5, 0.6) is 0 Å². The van der Waals surface area contributed by atoms with Crippen LogP contribution in [0.2, 0.25) is 0 Å². The van der Waals surface area contributed by atoms with Crippen LogP contribution in [0.3, 0.4) is 0 Å². The van der Waals surface area contributed by atoms with E-state index in [0.717, 1.165) is 12.8 Å². The normalized spacial score (nSPS) is 12.4. The van der Waals surface area contributed by atoms with Gasteiger partial charge in [-0.05, 0) is 52.9 Å². The molecule has 0 fully saturated rings. The summed E-state index contributed by atoms with van der Waals surface area (Å²) >= 11 is 0. The van der Waals surface area contributed by atoms with Crippen LogP contribution in [-0.4, -0.2) is 5.78 Å². The Morgan fingerprint density at radius 2 is 0.909 bits per heavy atom. The van der Waals surface area contributed by atoms with Crippen molar-refractivity contribution in [3.8, 4) is 0 Å². The molecule has 0 radical (unpaired) electrons. The van der Waals surface area contributed by atoms with Crippen LogP contribution in [0, 0.1) is 0 Å². The minimum Gasteiger partial charge on any atom is -0.300 e. The Labute approximate surface area is 140 Å². The number of Topliss-reactive ketones (excluding diaryl/α,β-unsaturated/α-hetero) is 1. The monoisotopic (exact) mass is 308 g/mol. The van der Waals surface area contributed by atoms with Gasteiger partial charge in [-0.3, -0.25) is 0 Å². The molecule has 0 unspecified atom stereocenters. The van der Waals surface area contributed by atoms with Crippen LogP contribution >= 0.6 is 0 Å². The second-order valence-corrected chi connectivity index (χ2v) is 7.05. The minimum absolute atomic E-state index is 0.337. The molecule has 22 heavy (non-hydrogen) atoms. The maximum absolute atomic E-state index is 10.9. The molecule has 1 heteroatoms. The molecule has 1 nitrogen and oxygen atoms in total. The highest BCUT2D eigenvalue weighted by atomic mass is 16.1. The Kier molecular flexibility index (Phi) is 14.9. The summed E-state index contributed by atoms with van der Waals surface area (Å²) in [6.45, 7) is 8.62. The van der Waals surface area contributed by atoms with E-state index < -0.39 is 0 Å². The number of hydrogen-bond donors (Lipinski definition) is 0. The number of hydrogen-bond acceptors (Lipinski definition) is 1. The lowest BCUT2D eigenvalue weighted by Gasteiger charge is -2.08. The summed E-state index contributed by atoms with van der Waals surface area (Å²) in [5.41, 5.74) is 3.25. The van der Waals surface area contributed by atoms with Gasteiger partial charge in [0.05, 0.1) is 0 Å². The summed E-state index contributed by atoms with van der Waals surface area (Å²) in [4.78, 5) is 10.9. The van der Waals surface area contributed by atoms with Gasteiger partial charge in [0.15, 0.2) is 0 Å². The molecule has 0 aromatic carbocycles. The molecule has 0 rings (SSSR count). The molecular weight excluding hydrogens is 268 g/mol. The molecule has 0 aromatic rings. The third-order valence-corrected chi connectivity index (χ3v) is 4.71. The van der Waals surface area contributed by atoms with Crippen LogP contribution in [0.25, 0.3) is 0 Å². The van der Waals surface area contributed by atoms with E-state index in [-0.39, 0.29) is 0 Å². The Morgan fingerprint density at radius 3 is 1.32 bits per heavy atom. The van der Waals surface area contributed by atoms with Crippen molar-refractivity contribution < 1.29 is 4.79 Å². The van der Waals surface area contributed by atoms with E-state index in [0.29, 0.717) is 5.78 Å². The van der Waals surface area contributed by atoms with E-state index in [4.69, 9.17) is 0 Å². The van der Waals surface area contributed by atoms with Crippen molar-refractivity contribution in [2.45, 2.75) is 118 Å². The topological polar surface area (TPSA) is 17.1 Å². The standard InChI is InChI=1S/C21H40O/c1-5-6-7-8-10-13-16-19(2)20(3)17-14-11-9-12-15-18-21(4)22/h5-18H2,1-4H3/b20-19-. The van der Waals surface area contributed by atoms with Crippen molar-refractivity contribution in [2.75, 3.05) is 0 Å². The first-order valence-electron chi connectivity index (χ1n) is 9.72. The van der Waals surface area contributed by atoms with Crippen LogP contribution in [0.15, 0.2) is 11.1 Å². The molecule has 0 saturated carbocycles. The van der Waals surface area contributed by atoms with Crippen molar-refractivity contribution >= 4 is 5.78 Å². The van der Waals surface area contributed by atoms with E-state index >= 15 is 0 Å². The van der Waals surface area contributed by atoms with E-state index in [1.807, 2.05) is 0 Å². The van der Waals surface area contributed by atoms with Gasteiger partial charge in [-0.1, -0.05) is 69.4 Å². The zero-order valence-electron chi connectivity index (χ0n) is 15.8. The first-order chi connectivity index (χ1) is 10.6. The number of carbonyl (C=O) groups is 1. The van der Waals surface area contributed by atoms with E-state index in [1.54, 1.807) is 18.1 Å². The van der Waals surface area contributed by atoms with Crippen molar-refractivity contribution in [1.82, 2.24) is 0 Å². The first-order valence-corrected chi connectivity index (χ1v) is 9.72. The lowest BCUT2D eigenvalue weighted by Crippen LogP contribution is -1.90. The predicted octanol–water partition coefficient (Wildman–Crippen LogP) is 7.39. The van der Waals surface area contributed by atoms with Crippen LogP contribution in [-0.2, 0) is 4.79 Å². The summed E-state index contributed by atoms with van der Waals surface area (Å²) < 4.78 is 0. The summed E-state index contributed by atoms with van der Waals surface area (Å²) in [5.74, 6) is 0.337. The van der Waals surface area contributed by atoms with Gasteiger partial charge in [-0.2, -0.15) is 0 Å². The van der Waals surface area contributed by atoms with E-state index in [1.165, 1.54) is 77.0 Å². The minimum atomic E-state index is 0.337. The Bertz CT molecular complexity index is 301. The van der Waals surface area contributed by atoms with Crippen molar-refractivity contribution in [1.29, 1.82) is 0 Å². The number of unbranched alkanes of at least 4 members (excludes halogenated alkanes) is 9. The summed E-state index contributed by atoms with van der Waals surface area (Å²) in [7, 11) is 0. The van der Waals surface area contributed by atoms with Crippen LogP contribution in [0.1, 0.15) is 118 Å². The fraction of sp³-hybridized carbons (Fsp3) is 0.857. The summed E-state index contributed by atoms with van der Waals surface area (Å²) in [6.07, 6.45) is 17.9. The molecule has 0 saturated heterocycles. The average molecular weight is 309 g/mol. The van der Waals surface area contributed by atoms with Crippen molar-refractivity contribution in [3.05, 3.63) is 11.1 Å². The molecule has 0 atom stereocenters. The Balaban J connectivity index is 3.53.